The molecule has 7 nitrogen and oxygen atoms in total. The minimum absolute atomic E-state index is 0.0291. The molecule has 1 aromatic heterocycles. The minimum Gasteiger partial charge on any atom is -0.323 e. The van der Waals surface area contributed by atoms with Gasteiger partial charge in [0.2, 0.25) is 17.8 Å². The topological polar surface area (TPSA) is 88.9 Å². The highest BCUT2D eigenvalue weighted by Crippen LogP contribution is 2.26. The third-order valence-corrected chi connectivity index (χ3v) is 3.30. The number of anilines is 2. The Morgan fingerprint density at radius 3 is 3.05 bits per heavy atom. The molecule has 20 heavy (non-hydrogen) atoms. The Hall–Kier alpha value is -2.41. The van der Waals surface area contributed by atoms with E-state index in [4.69, 9.17) is 11.6 Å². The minimum atomic E-state index is -0.690. The molecule has 2 amide bonds. The molecule has 0 fully saturated rings. The molecule has 0 radical (unpaired) electrons. The maximum Gasteiger partial charge on any atom is 0.248 e. The molecule has 0 saturated carbocycles. The summed E-state index contributed by atoms with van der Waals surface area (Å²) in [5, 5.41) is 13.1. The van der Waals surface area contributed by atoms with E-state index >= 15 is 0 Å². The zero-order chi connectivity index (χ0) is 14.1. The Kier molecular flexibility index (Phi) is 3.11. The molecule has 1 aliphatic rings. The first-order valence-electron chi connectivity index (χ1n) is 5.90. The summed E-state index contributed by atoms with van der Waals surface area (Å²) < 4.78 is 1.52. The summed E-state index contributed by atoms with van der Waals surface area (Å²) in [5.41, 5.74) is 0.500. The smallest absolute Gasteiger partial charge is 0.248 e. The summed E-state index contributed by atoms with van der Waals surface area (Å²) in [7, 11) is 0. The number of hydrogen-bond donors (Lipinski definition) is 2. The normalized spacial score (nSPS) is 17.2. The van der Waals surface area contributed by atoms with Crippen molar-refractivity contribution in [2.24, 2.45) is 0 Å². The van der Waals surface area contributed by atoms with Gasteiger partial charge in [-0.25, -0.2) is 0 Å². The fraction of sp³-hybridized carbons (Fsp3) is 0.167. The number of nitrogens with one attached hydrogen (secondary N) is 2. The number of carbonyl (C=O) groups is 2. The first-order valence-corrected chi connectivity index (χ1v) is 6.27. The third kappa shape index (κ3) is 2.23. The Bertz CT molecular complexity index is 684. The van der Waals surface area contributed by atoms with E-state index in [0.29, 0.717) is 10.7 Å². The predicted molar refractivity (Wildman–Crippen MR) is 72.4 cm³/mol. The van der Waals surface area contributed by atoms with Gasteiger partial charge in [-0.05, 0) is 12.1 Å². The van der Waals surface area contributed by atoms with E-state index in [1.165, 1.54) is 10.9 Å². The van der Waals surface area contributed by atoms with E-state index in [9.17, 15) is 9.59 Å². The Balaban J connectivity index is 1.85. The van der Waals surface area contributed by atoms with Crippen molar-refractivity contribution in [1.82, 2.24) is 14.8 Å². The van der Waals surface area contributed by atoms with Gasteiger partial charge in [0, 0.05) is 0 Å². The second-order valence-corrected chi connectivity index (χ2v) is 4.71. The zero-order valence-electron chi connectivity index (χ0n) is 10.2. The molecule has 0 saturated heterocycles. The van der Waals surface area contributed by atoms with E-state index in [2.05, 4.69) is 20.8 Å². The van der Waals surface area contributed by atoms with Crippen LogP contribution in [0.25, 0.3) is 0 Å². The fourth-order valence-electron chi connectivity index (χ4n) is 2.01. The summed E-state index contributed by atoms with van der Waals surface area (Å²) in [6, 6.07) is 6.21. The molecular formula is C12H10ClN5O2. The van der Waals surface area contributed by atoms with Gasteiger partial charge >= 0.3 is 0 Å². The van der Waals surface area contributed by atoms with Crippen LogP contribution >= 0.6 is 11.6 Å². The highest BCUT2D eigenvalue weighted by atomic mass is 35.5. The molecule has 2 heterocycles. The van der Waals surface area contributed by atoms with E-state index in [-0.39, 0.29) is 24.2 Å². The van der Waals surface area contributed by atoms with Crippen molar-refractivity contribution in [2.45, 2.75) is 12.5 Å². The lowest BCUT2D eigenvalue weighted by Gasteiger charge is -2.23. The van der Waals surface area contributed by atoms with Crippen LogP contribution in [0.2, 0.25) is 5.02 Å². The second-order valence-electron chi connectivity index (χ2n) is 4.30. The fourth-order valence-corrected chi connectivity index (χ4v) is 2.19. The monoisotopic (exact) mass is 291 g/mol. The van der Waals surface area contributed by atoms with Gasteiger partial charge in [-0.15, -0.1) is 10.2 Å². The first kappa shape index (κ1) is 12.6. The number of halogens is 1. The molecule has 102 valence electrons. The number of benzene rings is 1. The lowest BCUT2D eigenvalue weighted by Crippen LogP contribution is -2.35. The molecule has 0 spiro atoms. The molecule has 3 rings (SSSR count). The number of amides is 2. The van der Waals surface area contributed by atoms with E-state index in [0.717, 1.165) is 0 Å². The number of aromatic nitrogens is 3. The Morgan fingerprint density at radius 1 is 1.45 bits per heavy atom. The molecule has 1 aromatic carbocycles. The van der Waals surface area contributed by atoms with Crippen molar-refractivity contribution in [3.05, 3.63) is 35.6 Å². The molecule has 8 heteroatoms. The SMILES string of the molecule is O=C1C[C@H](C(=O)Nc2ccccc2Cl)n2cnnc2N1. The summed E-state index contributed by atoms with van der Waals surface area (Å²) in [5.74, 6) is -0.348. The average Bonchev–Trinajstić information content (AvgIpc) is 2.88. The van der Waals surface area contributed by atoms with Crippen LogP contribution in [0.15, 0.2) is 30.6 Å². The summed E-state index contributed by atoms with van der Waals surface area (Å²) in [6.07, 6.45) is 1.44. The van der Waals surface area contributed by atoms with Crippen LogP contribution in [0.1, 0.15) is 12.5 Å². The van der Waals surface area contributed by atoms with Crippen molar-refractivity contribution in [3.63, 3.8) is 0 Å². The van der Waals surface area contributed by atoms with Gasteiger partial charge in [0.1, 0.15) is 12.4 Å². The second kappa shape index (κ2) is 4.93. The van der Waals surface area contributed by atoms with Gasteiger partial charge in [0.05, 0.1) is 17.1 Å². The standard InChI is InChI=1S/C12H10ClN5O2/c13-7-3-1-2-4-8(7)15-11(20)9-5-10(19)16-12-17-14-6-18(9)12/h1-4,6,9H,5H2,(H,15,20)(H,16,17,19)/t9-/m1/s1. The molecule has 1 atom stereocenters. The predicted octanol–water partition coefficient (Wildman–Crippen LogP) is 1.45. The van der Waals surface area contributed by atoms with Crippen molar-refractivity contribution in [1.29, 1.82) is 0 Å². The van der Waals surface area contributed by atoms with E-state index in [1.54, 1.807) is 24.3 Å². The number of carbonyl (C=O) groups excluding carboxylic acids is 2. The first-order chi connectivity index (χ1) is 9.65. The molecule has 0 unspecified atom stereocenters. The van der Waals surface area contributed by atoms with Gasteiger partial charge in [-0.2, -0.15) is 0 Å². The van der Waals surface area contributed by atoms with Crippen LogP contribution in [0.4, 0.5) is 11.6 Å². The maximum atomic E-state index is 12.3. The van der Waals surface area contributed by atoms with Crippen LogP contribution in [-0.4, -0.2) is 26.6 Å². The number of fused-ring (bicyclic) bond motifs is 1. The van der Waals surface area contributed by atoms with E-state index < -0.39 is 6.04 Å². The van der Waals surface area contributed by atoms with Gasteiger partial charge in [0.15, 0.2) is 0 Å². The Labute approximate surface area is 118 Å². The number of nitrogens with zero attached hydrogens (tertiary/aromatic N) is 3. The molecule has 0 aliphatic carbocycles. The van der Waals surface area contributed by atoms with Crippen LogP contribution in [0.3, 0.4) is 0 Å². The molecule has 1 aliphatic heterocycles. The van der Waals surface area contributed by atoms with E-state index in [1.807, 2.05) is 0 Å². The lowest BCUT2D eigenvalue weighted by atomic mass is 10.1. The average molecular weight is 292 g/mol. The quantitative estimate of drug-likeness (QED) is 0.876. The summed E-state index contributed by atoms with van der Waals surface area (Å²) in [4.78, 5) is 23.9. The van der Waals surface area contributed by atoms with Crippen molar-refractivity contribution in [3.8, 4) is 0 Å². The number of para-hydroxylation sites is 1. The summed E-state index contributed by atoms with van der Waals surface area (Å²) in [6.45, 7) is 0. The van der Waals surface area contributed by atoms with Gasteiger partial charge in [-0.3, -0.25) is 19.5 Å². The number of rotatable bonds is 2. The maximum absolute atomic E-state index is 12.3. The largest absolute Gasteiger partial charge is 0.323 e. The third-order valence-electron chi connectivity index (χ3n) is 2.97. The van der Waals surface area contributed by atoms with Crippen LogP contribution in [0.5, 0.6) is 0 Å². The van der Waals surface area contributed by atoms with Gasteiger partial charge in [-0.1, -0.05) is 23.7 Å². The highest BCUT2D eigenvalue weighted by Gasteiger charge is 2.31. The highest BCUT2D eigenvalue weighted by molar-refractivity contribution is 6.33. The lowest BCUT2D eigenvalue weighted by molar-refractivity contribution is -0.125. The Morgan fingerprint density at radius 2 is 2.25 bits per heavy atom. The molecule has 2 aromatic rings. The van der Waals surface area contributed by atoms with Crippen molar-refractivity contribution >= 4 is 35.1 Å². The zero-order valence-corrected chi connectivity index (χ0v) is 11.0. The molecule has 2 N–H and O–H groups in total. The van der Waals surface area contributed by atoms with Crippen LogP contribution < -0.4 is 10.6 Å². The van der Waals surface area contributed by atoms with Crippen LogP contribution in [-0.2, 0) is 9.59 Å². The molecule has 0 bridgehead atoms. The van der Waals surface area contributed by atoms with Crippen LogP contribution in [0, 0.1) is 0 Å². The molecular weight excluding hydrogens is 282 g/mol. The van der Waals surface area contributed by atoms with Crippen molar-refractivity contribution < 1.29 is 9.59 Å². The number of hydrogen-bond acceptors (Lipinski definition) is 4. The van der Waals surface area contributed by atoms with Gasteiger partial charge in [0.25, 0.3) is 0 Å². The van der Waals surface area contributed by atoms with Crippen molar-refractivity contribution in [2.75, 3.05) is 10.6 Å². The van der Waals surface area contributed by atoms with Gasteiger partial charge < -0.3 is 5.32 Å². The summed E-state index contributed by atoms with van der Waals surface area (Å²) >= 11 is 5.99.